The van der Waals surface area contributed by atoms with E-state index < -0.39 is 0 Å². The van der Waals surface area contributed by atoms with Gasteiger partial charge >= 0.3 is 0 Å². The molecule has 0 saturated carbocycles. The molecule has 92 valence electrons. The fraction of sp³-hybridized carbons (Fsp3) is 0.733. The molecule has 1 aliphatic carbocycles. The molecule has 0 aliphatic heterocycles. The van der Waals surface area contributed by atoms with E-state index in [-0.39, 0.29) is 12.0 Å². The first-order valence-corrected chi connectivity index (χ1v) is 6.36. The second-order valence-corrected chi connectivity index (χ2v) is 5.75. The second kappa shape index (κ2) is 5.18. The van der Waals surface area contributed by atoms with E-state index in [1.807, 2.05) is 0 Å². The molecule has 0 amide bonds. The van der Waals surface area contributed by atoms with Crippen molar-refractivity contribution >= 4 is 0 Å². The van der Waals surface area contributed by atoms with Crippen molar-refractivity contribution in [1.82, 2.24) is 0 Å². The van der Waals surface area contributed by atoms with E-state index in [4.69, 9.17) is 5.11 Å². The van der Waals surface area contributed by atoms with Crippen molar-refractivity contribution in [2.75, 3.05) is 6.61 Å². The number of hydrogen-bond acceptors (Lipinski definition) is 1. The summed E-state index contributed by atoms with van der Waals surface area (Å²) in [5, 5.41) is 9.16. The summed E-state index contributed by atoms with van der Waals surface area (Å²) in [6.45, 7) is 11.4. The summed E-state index contributed by atoms with van der Waals surface area (Å²) in [5.74, 6) is 1.01. The van der Waals surface area contributed by atoms with Gasteiger partial charge in [0.05, 0.1) is 0 Å². The highest BCUT2D eigenvalue weighted by atomic mass is 16.3. The van der Waals surface area contributed by atoms with Crippen molar-refractivity contribution in [3.8, 4) is 0 Å². The summed E-state index contributed by atoms with van der Waals surface area (Å²) >= 11 is 0. The molecule has 0 heterocycles. The predicted molar refractivity (Wildman–Crippen MR) is 70.3 cm³/mol. The highest BCUT2D eigenvalue weighted by molar-refractivity contribution is 5.26. The van der Waals surface area contributed by atoms with Gasteiger partial charge in [0.2, 0.25) is 0 Å². The van der Waals surface area contributed by atoms with Gasteiger partial charge in [-0.2, -0.15) is 0 Å². The fourth-order valence-corrected chi connectivity index (χ4v) is 2.67. The molecular weight excluding hydrogens is 196 g/mol. The molecule has 1 N–H and O–H groups in total. The monoisotopic (exact) mass is 222 g/mol. The van der Waals surface area contributed by atoms with Gasteiger partial charge < -0.3 is 5.11 Å². The summed E-state index contributed by atoms with van der Waals surface area (Å²) in [4.78, 5) is 0. The third-order valence-electron chi connectivity index (χ3n) is 4.26. The molecule has 1 heteroatoms. The van der Waals surface area contributed by atoms with Crippen LogP contribution in [-0.4, -0.2) is 11.7 Å². The molecule has 0 bridgehead atoms. The third kappa shape index (κ3) is 2.57. The number of hydrogen-bond donors (Lipinski definition) is 1. The summed E-state index contributed by atoms with van der Waals surface area (Å²) in [5.41, 5.74) is 3.31. The Morgan fingerprint density at radius 1 is 1.62 bits per heavy atom. The Morgan fingerprint density at radius 2 is 2.25 bits per heavy atom. The standard InChI is InChI=1S/C15H26O/c1-6-13(9-11(2)10-16)14-8-7-12(3)15(14,4)5/h6-7,11,14,16H,8-10H2,1-5H3/t11?,14-/m1/s1. The molecule has 0 fully saturated rings. The highest BCUT2D eigenvalue weighted by Crippen LogP contribution is 2.47. The fourth-order valence-electron chi connectivity index (χ4n) is 2.67. The Hall–Kier alpha value is -0.560. The van der Waals surface area contributed by atoms with Crippen LogP contribution in [0.4, 0.5) is 0 Å². The van der Waals surface area contributed by atoms with Crippen molar-refractivity contribution in [2.45, 2.75) is 47.5 Å². The lowest BCUT2D eigenvalue weighted by molar-refractivity contribution is 0.228. The van der Waals surface area contributed by atoms with Crippen LogP contribution < -0.4 is 0 Å². The zero-order chi connectivity index (χ0) is 12.3. The summed E-state index contributed by atoms with van der Waals surface area (Å²) in [7, 11) is 0. The number of allylic oxidation sites excluding steroid dienone is 4. The zero-order valence-electron chi connectivity index (χ0n) is 11.4. The first-order valence-electron chi connectivity index (χ1n) is 6.36. The van der Waals surface area contributed by atoms with Gasteiger partial charge in [-0.3, -0.25) is 0 Å². The average Bonchev–Trinajstić information content (AvgIpc) is 2.51. The van der Waals surface area contributed by atoms with Crippen LogP contribution in [0.15, 0.2) is 23.3 Å². The van der Waals surface area contributed by atoms with Crippen LogP contribution in [0.2, 0.25) is 0 Å². The first kappa shape index (κ1) is 13.5. The van der Waals surface area contributed by atoms with Gasteiger partial charge in [-0.1, -0.05) is 44.1 Å². The van der Waals surface area contributed by atoms with E-state index in [0.29, 0.717) is 11.8 Å². The normalized spacial score (nSPS) is 26.8. The summed E-state index contributed by atoms with van der Waals surface area (Å²) < 4.78 is 0. The Bertz CT molecular complexity index is 297. The highest BCUT2D eigenvalue weighted by Gasteiger charge is 2.36. The molecule has 0 spiro atoms. The lowest BCUT2D eigenvalue weighted by Gasteiger charge is -2.32. The molecule has 0 aromatic carbocycles. The van der Waals surface area contributed by atoms with E-state index in [9.17, 15) is 0 Å². The molecule has 1 unspecified atom stereocenters. The number of rotatable bonds is 4. The molecule has 0 aromatic rings. The van der Waals surface area contributed by atoms with Crippen LogP contribution in [0.25, 0.3) is 0 Å². The van der Waals surface area contributed by atoms with E-state index in [1.54, 1.807) is 0 Å². The van der Waals surface area contributed by atoms with Gasteiger partial charge in [-0.25, -0.2) is 0 Å². The molecule has 0 aromatic heterocycles. The minimum atomic E-state index is 0.289. The quantitative estimate of drug-likeness (QED) is 0.714. The van der Waals surface area contributed by atoms with Gasteiger partial charge in [0.15, 0.2) is 0 Å². The van der Waals surface area contributed by atoms with Gasteiger partial charge in [0, 0.05) is 6.61 Å². The van der Waals surface area contributed by atoms with Crippen LogP contribution in [0.5, 0.6) is 0 Å². The van der Waals surface area contributed by atoms with E-state index in [0.717, 1.165) is 12.8 Å². The zero-order valence-corrected chi connectivity index (χ0v) is 11.4. The van der Waals surface area contributed by atoms with Crippen molar-refractivity contribution in [2.24, 2.45) is 17.3 Å². The Morgan fingerprint density at radius 3 is 2.62 bits per heavy atom. The lowest BCUT2D eigenvalue weighted by atomic mass is 9.72. The molecule has 1 aliphatic rings. The van der Waals surface area contributed by atoms with Crippen LogP contribution in [-0.2, 0) is 0 Å². The maximum Gasteiger partial charge on any atom is 0.0459 e. The molecule has 1 nitrogen and oxygen atoms in total. The summed E-state index contributed by atoms with van der Waals surface area (Å²) in [6.07, 6.45) is 6.82. The first-order chi connectivity index (χ1) is 7.43. The Balaban J connectivity index is 2.78. The van der Waals surface area contributed by atoms with Crippen molar-refractivity contribution in [1.29, 1.82) is 0 Å². The number of aliphatic hydroxyl groups excluding tert-OH is 1. The molecule has 16 heavy (non-hydrogen) atoms. The van der Waals surface area contributed by atoms with Gasteiger partial charge in [0.1, 0.15) is 0 Å². The van der Waals surface area contributed by atoms with E-state index in [2.05, 4.69) is 46.8 Å². The smallest absolute Gasteiger partial charge is 0.0459 e. The Kier molecular flexibility index (Phi) is 4.37. The van der Waals surface area contributed by atoms with Gasteiger partial charge in [-0.05, 0) is 43.9 Å². The van der Waals surface area contributed by atoms with Crippen molar-refractivity contribution in [3.63, 3.8) is 0 Å². The third-order valence-corrected chi connectivity index (χ3v) is 4.26. The van der Waals surface area contributed by atoms with E-state index >= 15 is 0 Å². The van der Waals surface area contributed by atoms with Crippen LogP contribution in [0.3, 0.4) is 0 Å². The van der Waals surface area contributed by atoms with Gasteiger partial charge in [0.25, 0.3) is 0 Å². The minimum absolute atomic E-state index is 0.289. The largest absolute Gasteiger partial charge is 0.396 e. The number of aliphatic hydroxyl groups is 1. The topological polar surface area (TPSA) is 20.2 Å². The lowest BCUT2D eigenvalue weighted by Crippen LogP contribution is -2.23. The molecule has 0 radical (unpaired) electrons. The minimum Gasteiger partial charge on any atom is -0.396 e. The van der Waals surface area contributed by atoms with Crippen LogP contribution >= 0.6 is 0 Å². The van der Waals surface area contributed by atoms with Crippen LogP contribution in [0, 0.1) is 17.3 Å². The predicted octanol–water partition coefficient (Wildman–Crippen LogP) is 3.94. The van der Waals surface area contributed by atoms with E-state index in [1.165, 1.54) is 11.1 Å². The SMILES string of the molecule is CC=C(CC(C)CO)[C@H]1CC=C(C)C1(C)C. The average molecular weight is 222 g/mol. The molecule has 2 atom stereocenters. The van der Waals surface area contributed by atoms with Crippen LogP contribution in [0.1, 0.15) is 47.5 Å². The molecule has 1 rings (SSSR count). The van der Waals surface area contributed by atoms with Gasteiger partial charge in [-0.15, -0.1) is 0 Å². The van der Waals surface area contributed by atoms with Crippen molar-refractivity contribution < 1.29 is 5.11 Å². The maximum atomic E-state index is 9.16. The van der Waals surface area contributed by atoms with Crippen molar-refractivity contribution in [3.05, 3.63) is 23.3 Å². The summed E-state index contributed by atoms with van der Waals surface area (Å²) in [6, 6.07) is 0. The molecule has 0 saturated heterocycles. The second-order valence-electron chi connectivity index (χ2n) is 5.75. The maximum absolute atomic E-state index is 9.16. The Labute approximate surface area is 100 Å². The molecular formula is C15H26O.